The predicted octanol–water partition coefficient (Wildman–Crippen LogP) is 10.0. The lowest BCUT2D eigenvalue weighted by molar-refractivity contribution is 1.39. The van der Waals surface area contributed by atoms with Crippen molar-refractivity contribution >= 4 is 32.6 Å². The third kappa shape index (κ3) is 3.50. The molecular formula is C38H24N2. The van der Waals surface area contributed by atoms with Crippen molar-refractivity contribution < 1.29 is 0 Å². The van der Waals surface area contributed by atoms with Crippen LogP contribution in [-0.4, -0.2) is 9.97 Å². The van der Waals surface area contributed by atoms with E-state index in [0.29, 0.717) is 0 Å². The van der Waals surface area contributed by atoms with Crippen LogP contribution in [0.1, 0.15) is 0 Å². The average molecular weight is 509 g/mol. The maximum atomic E-state index is 5.33. The second kappa shape index (κ2) is 9.14. The van der Waals surface area contributed by atoms with Gasteiger partial charge in [-0.2, -0.15) is 0 Å². The number of rotatable bonds is 4. The third-order valence-electron chi connectivity index (χ3n) is 7.81. The van der Waals surface area contributed by atoms with Crippen molar-refractivity contribution in [3.05, 3.63) is 146 Å². The van der Waals surface area contributed by atoms with Crippen molar-refractivity contribution in [2.24, 2.45) is 0 Å². The number of pyridine rings is 2. The van der Waals surface area contributed by atoms with Gasteiger partial charge in [0.05, 0.1) is 22.4 Å². The lowest BCUT2D eigenvalue weighted by Gasteiger charge is -2.20. The molecule has 0 saturated heterocycles. The topological polar surface area (TPSA) is 25.8 Å². The van der Waals surface area contributed by atoms with E-state index in [9.17, 15) is 0 Å². The van der Waals surface area contributed by atoms with Gasteiger partial charge < -0.3 is 0 Å². The molecule has 2 aromatic heterocycles. The molecule has 2 nitrogen and oxygen atoms in total. The summed E-state index contributed by atoms with van der Waals surface area (Å²) in [5.74, 6) is 0. The fourth-order valence-electron chi connectivity index (χ4n) is 6.07. The lowest BCUT2D eigenvalue weighted by atomic mass is 9.87. The Kier molecular flexibility index (Phi) is 5.17. The Morgan fingerprint density at radius 1 is 0.300 bits per heavy atom. The van der Waals surface area contributed by atoms with E-state index in [2.05, 4.69) is 146 Å². The molecule has 0 radical (unpaired) electrons. The SMILES string of the molecule is c1ccc(-c2nc3ccc4nc(-c5ccccc5)c(-c5ccccc5)c5ccc(c2-c2ccccc2)c3c45)cc1. The smallest absolute Gasteiger partial charge is 0.0794 e. The minimum atomic E-state index is 0.986. The van der Waals surface area contributed by atoms with Crippen LogP contribution in [0.2, 0.25) is 0 Å². The summed E-state index contributed by atoms with van der Waals surface area (Å²) in [5, 5.41) is 4.72. The van der Waals surface area contributed by atoms with E-state index in [1.54, 1.807) is 0 Å². The van der Waals surface area contributed by atoms with Gasteiger partial charge >= 0.3 is 0 Å². The minimum absolute atomic E-state index is 0.986. The quantitative estimate of drug-likeness (QED) is 0.221. The van der Waals surface area contributed by atoms with E-state index in [0.717, 1.165) is 66.6 Å². The van der Waals surface area contributed by atoms with Gasteiger partial charge in [0.15, 0.2) is 0 Å². The van der Waals surface area contributed by atoms with Crippen molar-refractivity contribution in [1.82, 2.24) is 9.97 Å². The van der Waals surface area contributed by atoms with Crippen molar-refractivity contribution in [2.45, 2.75) is 0 Å². The highest BCUT2D eigenvalue weighted by Gasteiger charge is 2.22. The second-order valence-electron chi connectivity index (χ2n) is 10.1. The van der Waals surface area contributed by atoms with Crippen LogP contribution in [0.3, 0.4) is 0 Å². The molecule has 0 spiro atoms. The largest absolute Gasteiger partial charge is 0.247 e. The summed E-state index contributed by atoms with van der Waals surface area (Å²) in [6.07, 6.45) is 0. The van der Waals surface area contributed by atoms with Gasteiger partial charge in [-0.3, -0.25) is 0 Å². The van der Waals surface area contributed by atoms with Gasteiger partial charge in [-0.25, -0.2) is 9.97 Å². The van der Waals surface area contributed by atoms with Crippen LogP contribution in [0.4, 0.5) is 0 Å². The zero-order chi connectivity index (χ0) is 26.5. The predicted molar refractivity (Wildman–Crippen MR) is 167 cm³/mol. The minimum Gasteiger partial charge on any atom is -0.247 e. The normalized spacial score (nSPS) is 11.5. The summed E-state index contributed by atoms with van der Waals surface area (Å²) in [6, 6.07) is 51.1. The third-order valence-corrected chi connectivity index (χ3v) is 7.81. The number of hydrogen-bond donors (Lipinski definition) is 0. The van der Waals surface area contributed by atoms with Crippen LogP contribution in [-0.2, 0) is 0 Å². The summed E-state index contributed by atoms with van der Waals surface area (Å²) in [6.45, 7) is 0. The summed E-state index contributed by atoms with van der Waals surface area (Å²) < 4.78 is 0. The standard InChI is InChI=1S/C38H24N2/c1-5-13-25(14-6-1)33-29-21-22-30-34(26-15-7-2-8-16-26)38(28-19-11-4-12-20-28)40-32-24-23-31(35(29)36(30)32)39-37(33)27-17-9-3-10-18-27/h1-24H. The molecule has 0 atom stereocenters. The highest BCUT2D eigenvalue weighted by Crippen LogP contribution is 2.46. The van der Waals surface area contributed by atoms with Gasteiger partial charge in [0, 0.05) is 33.0 Å². The summed E-state index contributed by atoms with van der Waals surface area (Å²) in [7, 11) is 0. The molecule has 2 heterocycles. The fourth-order valence-corrected chi connectivity index (χ4v) is 6.07. The molecule has 0 amide bonds. The molecule has 40 heavy (non-hydrogen) atoms. The first kappa shape index (κ1) is 22.6. The van der Waals surface area contributed by atoms with E-state index in [-0.39, 0.29) is 0 Å². The molecular weight excluding hydrogens is 484 g/mol. The highest BCUT2D eigenvalue weighted by molar-refractivity contribution is 6.28. The Labute approximate surface area is 232 Å². The molecule has 0 saturated carbocycles. The van der Waals surface area contributed by atoms with E-state index in [1.165, 1.54) is 10.8 Å². The molecule has 0 unspecified atom stereocenters. The van der Waals surface area contributed by atoms with Gasteiger partial charge in [0.1, 0.15) is 0 Å². The molecule has 0 N–H and O–H groups in total. The molecule has 0 aliphatic heterocycles. The maximum absolute atomic E-state index is 5.33. The molecule has 8 rings (SSSR count). The van der Waals surface area contributed by atoms with Crippen LogP contribution < -0.4 is 0 Å². The van der Waals surface area contributed by atoms with Gasteiger partial charge in [-0.05, 0) is 34.0 Å². The summed E-state index contributed by atoms with van der Waals surface area (Å²) in [4.78, 5) is 10.7. The number of hydrogen-bond acceptors (Lipinski definition) is 2. The van der Waals surface area contributed by atoms with E-state index < -0.39 is 0 Å². The van der Waals surface area contributed by atoms with E-state index >= 15 is 0 Å². The Balaban J connectivity index is 1.55. The second-order valence-corrected chi connectivity index (χ2v) is 10.1. The molecule has 8 aromatic rings. The van der Waals surface area contributed by atoms with Crippen LogP contribution in [0.5, 0.6) is 0 Å². The van der Waals surface area contributed by atoms with Crippen LogP contribution in [0, 0.1) is 0 Å². The fraction of sp³-hybridized carbons (Fsp3) is 0. The first-order valence-electron chi connectivity index (χ1n) is 13.6. The first-order chi connectivity index (χ1) is 19.9. The molecule has 186 valence electrons. The van der Waals surface area contributed by atoms with Gasteiger partial charge in [-0.15, -0.1) is 0 Å². The molecule has 0 aliphatic rings. The van der Waals surface area contributed by atoms with Crippen LogP contribution in [0.15, 0.2) is 146 Å². The molecule has 0 fully saturated rings. The Morgan fingerprint density at radius 3 is 0.975 bits per heavy atom. The van der Waals surface area contributed by atoms with Crippen molar-refractivity contribution in [2.75, 3.05) is 0 Å². The zero-order valence-electron chi connectivity index (χ0n) is 21.8. The Morgan fingerprint density at radius 2 is 0.625 bits per heavy atom. The van der Waals surface area contributed by atoms with Gasteiger partial charge in [0.2, 0.25) is 0 Å². The molecule has 0 bridgehead atoms. The number of nitrogens with zero attached hydrogens (tertiary/aromatic N) is 2. The van der Waals surface area contributed by atoms with Crippen molar-refractivity contribution in [3.8, 4) is 44.8 Å². The van der Waals surface area contributed by atoms with Crippen molar-refractivity contribution in [1.29, 1.82) is 0 Å². The highest BCUT2D eigenvalue weighted by atomic mass is 14.7. The van der Waals surface area contributed by atoms with Gasteiger partial charge in [-0.1, -0.05) is 133 Å². The lowest BCUT2D eigenvalue weighted by Crippen LogP contribution is -1.98. The maximum Gasteiger partial charge on any atom is 0.0794 e. The zero-order valence-corrected chi connectivity index (χ0v) is 21.8. The summed E-state index contributed by atoms with van der Waals surface area (Å²) in [5.41, 5.74) is 10.8. The van der Waals surface area contributed by atoms with Crippen molar-refractivity contribution in [3.63, 3.8) is 0 Å². The van der Waals surface area contributed by atoms with E-state index in [4.69, 9.17) is 9.97 Å². The first-order valence-corrected chi connectivity index (χ1v) is 13.6. The monoisotopic (exact) mass is 508 g/mol. The molecule has 6 aromatic carbocycles. The number of benzene rings is 6. The average Bonchev–Trinajstić information content (AvgIpc) is 3.04. The number of aromatic nitrogens is 2. The van der Waals surface area contributed by atoms with E-state index in [1.807, 2.05) is 0 Å². The molecule has 0 aliphatic carbocycles. The Hall–Kier alpha value is -5.34. The van der Waals surface area contributed by atoms with Crippen LogP contribution >= 0.6 is 0 Å². The Bertz CT molecular complexity index is 1960. The molecule has 2 heteroatoms. The summed E-state index contributed by atoms with van der Waals surface area (Å²) >= 11 is 0. The van der Waals surface area contributed by atoms with Gasteiger partial charge in [0.25, 0.3) is 0 Å². The van der Waals surface area contributed by atoms with Crippen LogP contribution in [0.25, 0.3) is 77.3 Å².